The number of rotatable bonds is 5. The second-order valence-corrected chi connectivity index (χ2v) is 8.31. The molecule has 0 aliphatic heterocycles. The van der Waals surface area contributed by atoms with Gasteiger partial charge in [-0.2, -0.15) is 18.3 Å². The largest absolute Gasteiger partial charge is 0.457 e. The molecule has 9 nitrogen and oxygen atoms in total. The molecule has 1 amide bonds. The number of amides is 1. The maximum Gasteiger partial charge on any atom is 0.433 e. The average Bonchev–Trinajstić information content (AvgIpc) is 3.10. The summed E-state index contributed by atoms with van der Waals surface area (Å²) in [6.07, 6.45) is -4.74. The molecule has 13 heteroatoms. The molecule has 180 valence electrons. The number of carbonyl (C=O) groups excluding carboxylic acids is 1. The minimum Gasteiger partial charge on any atom is -0.457 e. The lowest BCUT2D eigenvalue weighted by Gasteiger charge is -2.09. The number of halogens is 4. The van der Waals surface area contributed by atoms with Crippen LogP contribution in [0, 0.1) is 24.0 Å². The van der Waals surface area contributed by atoms with Gasteiger partial charge in [0.25, 0.3) is 11.6 Å². The number of alkyl halides is 3. The number of aryl methyl sites for hydroxylation is 2. The summed E-state index contributed by atoms with van der Waals surface area (Å²) in [7, 11) is 0. The third-order valence-electron chi connectivity index (χ3n) is 4.78. The highest BCUT2D eigenvalue weighted by Gasteiger charge is 2.36. The van der Waals surface area contributed by atoms with Crippen molar-refractivity contribution < 1.29 is 27.6 Å². The van der Waals surface area contributed by atoms with E-state index >= 15 is 0 Å². The van der Waals surface area contributed by atoms with E-state index in [2.05, 4.69) is 31.3 Å². The lowest BCUT2D eigenvalue weighted by Crippen LogP contribution is -2.16. The molecule has 0 radical (unpaired) electrons. The van der Waals surface area contributed by atoms with Crippen LogP contribution in [0.15, 0.2) is 53.0 Å². The van der Waals surface area contributed by atoms with Crippen molar-refractivity contribution in [1.29, 1.82) is 0 Å². The lowest BCUT2D eigenvalue weighted by atomic mass is 10.2. The molecule has 4 aromatic rings. The number of nitro benzene ring substituents is 1. The molecule has 0 saturated carbocycles. The van der Waals surface area contributed by atoms with Crippen LogP contribution in [0.5, 0.6) is 11.5 Å². The summed E-state index contributed by atoms with van der Waals surface area (Å²) in [5.41, 5.74) is -1.02. The third kappa shape index (κ3) is 5.09. The second kappa shape index (κ2) is 8.98. The number of ether oxygens (including phenoxy) is 1. The summed E-state index contributed by atoms with van der Waals surface area (Å²) < 4.78 is 46.5. The van der Waals surface area contributed by atoms with Gasteiger partial charge in [0.15, 0.2) is 11.3 Å². The maximum absolute atomic E-state index is 13.5. The minimum atomic E-state index is -4.74. The van der Waals surface area contributed by atoms with Crippen molar-refractivity contribution >= 4 is 38.9 Å². The molecule has 2 aromatic heterocycles. The predicted octanol–water partition coefficient (Wildman–Crippen LogP) is 6.08. The van der Waals surface area contributed by atoms with Gasteiger partial charge in [0, 0.05) is 17.8 Å². The number of carbonyl (C=O) groups is 1. The topological polar surface area (TPSA) is 112 Å². The zero-order valence-electron chi connectivity index (χ0n) is 18.1. The van der Waals surface area contributed by atoms with Gasteiger partial charge < -0.3 is 10.1 Å². The van der Waals surface area contributed by atoms with Gasteiger partial charge in [0.2, 0.25) is 0 Å². The Hall–Kier alpha value is -4.00. The van der Waals surface area contributed by atoms with Crippen molar-refractivity contribution in [1.82, 2.24) is 14.6 Å². The number of nitrogens with zero attached hydrogens (tertiary/aromatic N) is 4. The standard InChI is InChI=1S/C22H15BrF3N5O4/c1-11-3-5-15(6-4-11)35-16-9-13(8-14(10-16)31(33)34)28-21(32)19-18(23)20-27-12(2)7-17(22(24,25)26)30(20)29-19/h3-10H,1-2H3,(H,28,32). The molecule has 0 saturated heterocycles. The summed E-state index contributed by atoms with van der Waals surface area (Å²) in [5.74, 6) is -0.420. The molecule has 0 aliphatic rings. The van der Waals surface area contributed by atoms with E-state index in [-0.39, 0.29) is 38.6 Å². The molecule has 0 unspecified atom stereocenters. The Morgan fingerprint density at radius 3 is 2.43 bits per heavy atom. The number of hydrogen-bond acceptors (Lipinski definition) is 6. The second-order valence-electron chi connectivity index (χ2n) is 7.52. The van der Waals surface area contributed by atoms with Gasteiger partial charge in [-0.15, -0.1) is 0 Å². The summed E-state index contributed by atoms with van der Waals surface area (Å²) in [5, 5.41) is 17.6. The van der Waals surface area contributed by atoms with Crippen molar-refractivity contribution in [3.8, 4) is 11.5 Å². The quantitative estimate of drug-likeness (QED) is 0.238. The van der Waals surface area contributed by atoms with Crippen molar-refractivity contribution in [3.05, 3.63) is 85.8 Å². The normalized spacial score (nSPS) is 11.5. The molecule has 2 aromatic carbocycles. The number of non-ortho nitro benzene ring substituents is 1. The number of benzene rings is 2. The molecule has 2 heterocycles. The highest BCUT2D eigenvalue weighted by molar-refractivity contribution is 9.10. The first-order valence-electron chi connectivity index (χ1n) is 9.91. The van der Waals surface area contributed by atoms with Crippen LogP contribution in [0.4, 0.5) is 24.5 Å². The number of nitrogens with one attached hydrogen (secondary N) is 1. The van der Waals surface area contributed by atoms with Crippen LogP contribution in [0.25, 0.3) is 5.65 Å². The summed E-state index contributed by atoms with van der Waals surface area (Å²) in [6.45, 7) is 3.27. The number of fused-ring (bicyclic) bond motifs is 1. The lowest BCUT2D eigenvalue weighted by molar-refractivity contribution is -0.384. The molecule has 0 atom stereocenters. The minimum absolute atomic E-state index is 0.0181. The Balaban J connectivity index is 1.70. The molecule has 0 spiro atoms. The molecule has 0 bridgehead atoms. The Bertz CT molecular complexity index is 1470. The SMILES string of the molecule is Cc1ccc(Oc2cc(NC(=O)c3nn4c(C(F)(F)F)cc(C)nc4c3Br)cc([N+](=O)[O-])c2)cc1. The molecular formula is C22H15BrF3N5O4. The third-order valence-corrected chi connectivity index (χ3v) is 5.51. The molecule has 1 N–H and O–H groups in total. The first-order valence-corrected chi connectivity index (χ1v) is 10.7. The van der Waals surface area contributed by atoms with E-state index in [0.717, 1.165) is 17.7 Å². The van der Waals surface area contributed by atoms with Gasteiger partial charge in [0.05, 0.1) is 21.1 Å². The van der Waals surface area contributed by atoms with E-state index in [1.54, 1.807) is 24.3 Å². The van der Waals surface area contributed by atoms with Gasteiger partial charge in [-0.05, 0) is 48.0 Å². The molecular weight excluding hydrogens is 535 g/mol. The maximum atomic E-state index is 13.5. The van der Waals surface area contributed by atoms with E-state index in [0.29, 0.717) is 10.3 Å². The van der Waals surface area contributed by atoms with Gasteiger partial charge in [-0.1, -0.05) is 17.7 Å². The van der Waals surface area contributed by atoms with Gasteiger partial charge in [0.1, 0.15) is 17.2 Å². The van der Waals surface area contributed by atoms with Crippen LogP contribution < -0.4 is 10.1 Å². The van der Waals surface area contributed by atoms with Crippen LogP contribution in [0.3, 0.4) is 0 Å². The zero-order valence-corrected chi connectivity index (χ0v) is 19.6. The van der Waals surface area contributed by atoms with Crippen LogP contribution in [-0.4, -0.2) is 25.4 Å². The van der Waals surface area contributed by atoms with Gasteiger partial charge >= 0.3 is 6.18 Å². The fourth-order valence-electron chi connectivity index (χ4n) is 3.21. The number of hydrogen-bond donors (Lipinski definition) is 1. The Kier molecular flexibility index (Phi) is 6.19. The molecule has 0 aliphatic carbocycles. The first-order chi connectivity index (χ1) is 16.4. The fraction of sp³-hybridized carbons (Fsp3) is 0.136. The van der Waals surface area contributed by atoms with E-state index in [1.807, 2.05) is 6.92 Å². The van der Waals surface area contributed by atoms with Crippen LogP contribution >= 0.6 is 15.9 Å². The number of nitro groups is 1. The van der Waals surface area contributed by atoms with Gasteiger partial charge in [-0.25, -0.2) is 9.50 Å². The molecule has 35 heavy (non-hydrogen) atoms. The van der Waals surface area contributed by atoms with E-state index in [4.69, 9.17) is 4.74 Å². The average molecular weight is 550 g/mol. The van der Waals surface area contributed by atoms with E-state index < -0.39 is 22.7 Å². The molecule has 4 rings (SSSR count). The summed E-state index contributed by atoms with van der Waals surface area (Å²) in [4.78, 5) is 27.7. The van der Waals surface area contributed by atoms with Gasteiger partial charge in [-0.3, -0.25) is 14.9 Å². The monoisotopic (exact) mass is 549 g/mol. The predicted molar refractivity (Wildman–Crippen MR) is 123 cm³/mol. The van der Waals surface area contributed by atoms with E-state index in [1.165, 1.54) is 19.1 Å². The van der Waals surface area contributed by atoms with E-state index in [9.17, 15) is 28.1 Å². The van der Waals surface area contributed by atoms with Crippen molar-refractivity contribution in [2.45, 2.75) is 20.0 Å². The highest BCUT2D eigenvalue weighted by Crippen LogP contribution is 2.33. The Labute approximate surface area is 203 Å². The van der Waals surface area contributed by atoms with Crippen molar-refractivity contribution in [2.24, 2.45) is 0 Å². The number of aromatic nitrogens is 3. The summed E-state index contributed by atoms with van der Waals surface area (Å²) in [6, 6.07) is 11.4. The van der Waals surface area contributed by atoms with Crippen molar-refractivity contribution in [2.75, 3.05) is 5.32 Å². The smallest absolute Gasteiger partial charge is 0.433 e. The first kappa shape index (κ1) is 24.1. The Morgan fingerprint density at radius 1 is 1.11 bits per heavy atom. The van der Waals surface area contributed by atoms with Crippen molar-refractivity contribution in [3.63, 3.8) is 0 Å². The Morgan fingerprint density at radius 2 is 1.80 bits per heavy atom. The van der Waals surface area contributed by atoms with Crippen LogP contribution in [0.2, 0.25) is 0 Å². The van der Waals surface area contributed by atoms with Crippen LogP contribution in [-0.2, 0) is 6.18 Å². The van der Waals surface area contributed by atoms with Crippen LogP contribution in [0.1, 0.15) is 27.4 Å². The zero-order chi connectivity index (χ0) is 25.5. The fourth-order valence-corrected chi connectivity index (χ4v) is 3.73. The summed E-state index contributed by atoms with van der Waals surface area (Å²) >= 11 is 3.10. The number of anilines is 1. The molecule has 0 fully saturated rings. The highest BCUT2D eigenvalue weighted by atomic mass is 79.9.